The zero-order valence-corrected chi connectivity index (χ0v) is 10.7. The lowest BCUT2D eigenvalue weighted by Gasteiger charge is -2.16. The summed E-state index contributed by atoms with van der Waals surface area (Å²) in [7, 11) is 1.95. The smallest absolute Gasteiger partial charge is 0.138 e. The number of rotatable bonds is 8. The molecule has 0 aromatic carbocycles. The molecule has 1 heterocycles. The van der Waals surface area contributed by atoms with E-state index in [-0.39, 0.29) is 0 Å². The molecule has 0 saturated heterocycles. The van der Waals surface area contributed by atoms with Crippen LogP contribution < -0.4 is 5.32 Å². The minimum atomic E-state index is 0.670. The Hall–Kier alpha value is -0.900. The molecule has 16 heavy (non-hydrogen) atoms. The maximum atomic E-state index is 4.24. The van der Waals surface area contributed by atoms with Crippen LogP contribution in [0.25, 0.3) is 0 Å². The summed E-state index contributed by atoms with van der Waals surface area (Å²) in [5.41, 5.74) is 0. The second-order valence-corrected chi connectivity index (χ2v) is 4.24. The number of aryl methyl sites for hydroxylation is 2. The van der Waals surface area contributed by atoms with E-state index in [4.69, 9.17) is 0 Å². The summed E-state index contributed by atoms with van der Waals surface area (Å²) < 4.78 is 1.86. The Balaban J connectivity index is 2.24. The van der Waals surface area contributed by atoms with Crippen LogP contribution in [-0.4, -0.2) is 27.4 Å². The molecular weight excluding hydrogens is 200 g/mol. The fraction of sp³-hybridized carbons (Fsp3) is 0.833. The Kier molecular flexibility index (Phi) is 6.08. The molecule has 1 aromatic rings. The van der Waals surface area contributed by atoms with Gasteiger partial charge >= 0.3 is 0 Å². The molecule has 1 unspecified atom stereocenters. The van der Waals surface area contributed by atoms with E-state index in [2.05, 4.69) is 29.2 Å². The van der Waals surface area contributed by atoms with Gasteiger partial charge in [0, 0.05) is 19.5 Å². The predicted molar refractivity (Wildman–Crippen MR) is 66.3 cm³/mol. The summed E-state index contributed by atoms with van der Waals surface area (Å²) >= 11 is 0. The van der Waals surface area contributed by atoms with Crippen molar-refractivity contribution in [3.63, 3.8) is 0 Å². The second kappa shape index (κ2) is 7.39. The van der Waals surface area contributed by atoms with Gasteiger partial charge in [0.05, 0.1) is 0 Å². The topological polar surface area (TPSA) is 42.7 Å². The van der Waals surface area contributed by atoms with E-state index in [1.54, 1.807) is 6.33 Å². The summed E-state index contributed by atoms with van der Waals surface area (Å²) in [6.07, 6.45) is 7.60. The first kappa shape index (κ1) is 13.2. The normalized spacial score (nSPS) is 12.9. The van der Waals surface area contributed by atoms with Gasteiger partial charge in [0.25, 0.3) is 0 Å². The number of nitrogens with zero attached hydrogens (tertiary/aromatic N) is 3. The van der Waals surface area contributed by atoms with Crippen LogP contribution in [0, 0.1) is 0 Å². The predicted octanol–water partition coefficient (Wildman–Crippen LogP) is 1.92. The van der Waals surface area contributed by atoms with Crippen LogP contribution in [0.3, 0.4) is 0 Å². The van der Waals surface area contributed by atoms with Gasteiger partial charge in [0.2, 0.25) is 0 Å². The zero-order valence-electron chi connectivity index (χ0n) is 10.7. The van der Waals surface area contributed by atoms with Gasteiger partial charge in [-0.1, -0.05) is 20.3 Å². The zero-order chi connectivity index (χ0) is 11.8. The Labute approximate surface area is 98.5 Å². The third-order valence-corrected chi connectivity index (χ3v) is 2.89. The lowest BCUT2D eigenvalue weighted by molar-refractivity contribution is 0.444. The van der Waals surface area contributed by atoms with Crippen molar-refractivity contribution in [2.24, 2.45) is 7.05 Å². The maximum Gasteiger partial charge on any atom is 0.138 e. The van der Waals surface area contributed by atoms with Gasteiger partial charge in [-0.2, -0.15) is 5.10 Å². The van der Waals surface area contributed by atoms with Crippen LogP contribution in [0.5, 0.6) is 0 Å². The van der Waals surface area contributed by atoms with E-state index < -0.39 is 0 Å². The van der Waals surface area contributed by atoms with Gasteiger partial charge in [-0.3, -0.25) is 4.68 Å². The fourth-order valence-electron chi connectivity index (χ4n) is 2.04. The second-order valence-electron chi connectivity index (χ2n) is 4.24. The highest BCUT2D eigenvalue weighted by Crippen LogP contribution is 2.07. The van der Waals surface area contributed by atoms with Crippen molar-refractivity contribution in [2.75, 3.05) is 6.54 Å². The molecular formula is C12H24N4. The Morgan fingerprint density at radius 1 is 1.38 bits per heavy atom. The molecule has 0 amide bonds. The molecule has 1 rings (SSSR count). The van der Waals surface area contributed by atoms with Crippen molar-refractivity contribution in [2.45, 2.75) is 52.0 Å². The SMILES string of the molecule is CCCC(CCCc1ncnn1C)NCC. The van der Waals surface area contributed by atoms with Gasteiger partial charge < -0.3 is 5.32 Å². The van der Waals surface area contributed by atoms with Crippen LogP contribution in [0.4, 0.5) is 0 Å². The molecule has 0 bridgehead atoms. The first-order valence-electron chi connectivity index (χ1n) is 6.34. The molecule has 0 spiro atoms. The summed E-state index contributed by atoms with van der Waals surface area (Å²) in [6, 6.07) is 0.670. The molecule has 0 aliphatic heterocycles. The van der Waals surface area contributed by atoms with Gasteiger partial charge in [-0.25, -0.2) is 4.98 Å². The minimum Gasteiger partial charge on any atom is -0.314 e. The van der Waals surface area contributed by atoms with Crippen molar-refractivity contribution >= 4 is 0 Å². The third kappa shape index (κ3) is 4.31. The summed E-state index contributed by atoms with van der Waals surface area (Å²) in [4.78, 5) is 4.24. The van der Waals surface area contributed by atoms with Crippen molar-refractivity contribution < 1.29 is 0 Å². The van der Waals surface area contributed by atoms with Crippen LogP contribution in [-0.2, 0) is 13.5 Å². The summed E-state index contributed by atoms with van der Waals surface area (Å²) in [5.74, 6) is 1.09. The molecule has 1 N–H and O–H groups in total. The van der Waals surface area contributed by atoms with Crippen molar-refractivity contribution in [3.8, 4) is 0 Å². The van der Waals surface area contributed by atoms with Crippen LogP contribution in [0.2, 0.25) is 0 Å². The molecule has 0 saturated carbocycles. The number of aromatic nitrogens is 3. The highest BCUT2D eigenvalue weighted by Gasteiger charge is 2.07. The molecule has 1 atom stereocenters. The standard InChI is InChI=1S/C12H24N4/c1-4-7-11(13-5-2)8-6-9-12-14-10-15-16(12)3/h10-11,13H,4-9H2,1-3H3. The first-order valence-corrected chi connectivity index (χ1v) is 6.34. The van der Waals surface area contributed by atoms with E-state index in [0.29, 0.717) is 6.04 Å². The highest BCUT2D eigenvalue weighted by atomic mass is 15.3. The van der Waals surface area contributed by atoms with Crippen LogP contribution in [0.1, 0.15) is 45.4 Å². The van der Waals surface area contributed by atoms with Gasteiger partial charge in [-0.05, 0) is 25.8 Å². The van der Waals surface area contributed by atoms with Crippen molar-refractivity contribution in [1.29, 1.82) is 0 Å². The minimum absolute atomic E-state index is 0.670. The maximum absolute atomic E-state index is 4.24. The molecule has 0 radical (unpaired) electrons. The quantitative estimate of drug-likeness (QED) is 0.733. The van der Waals surface area contributed by atoms with E-state index in [9.17, 15) is 0 Å². The average molecular weight is 224 g/mol. The monoisotopic (exact) mass is 224 g/mol. The number of nitrogens with one attached hydrogen (secondary N) is 1. The molecule has 0 aliphatic carbocycles. The molecule has 0 aliphatic rings. The molecule has 0 fully saturated rings. The first-order chi connectivity index (χ1) is 7.77. The molecule has 4 heteroatoms. The Morgan fingerprint density at radius 3 is 2.75 bits per heavy atom. The number of hydrogen-bond acceptors (Lipinski definition) is 3. The molecule has 4 nitrogen and oxygen atoms in total. The van der Waals surface area contributed by atoms with E-state index >= 15 is 0 Å². The molecule has 92 valence electrons. The van der Waals surface area contributed by atoms with Crippen molar-refractivity contribution in [1.82, 2.24) is 20.1 Å². The largest absolute Gasteiger partial charge is 0.314 e. The van der Waals surface area contributed by atoms with E-state index in [1.165, 1.54) is 25.7 Å². The lowest BCUT2D eigenvalue weighted by atomic mass is 10.0. The van der Waals surface area contributed by atoms with Crippen LogP contribution in [0.15, 0.2) is 6.33 Å². The highest BCUT2D eigenvalue weighted by molar-refractivity contribution is 4.83. The van der Waals surface area contributed by atoms with Gasteiger partial charge in [0.15, 0.2) is 0 Å². The number of hydrogen-bond donors (Lipinski definition) is 1. The van der Waals surface area contributed by atoms with E-state index in [0.717, 1.165) is 18.8 Å². The Bertz CT molecular complexity index is 276. The molecule has 1 aromatic heterocycles. The summed E-state index contributed by atoms with van der Waals surface area (Å²) in [6.45, 7) is 5.48. The fourth-order valence-corrected chi connectivity index (χ4v) is 2.04. The van der Waals surface area contributed by atoms with Crippen LogP contribution >= 0.6 is 0 Å². The lowest BCUT2D eigenvalue weighted by Crippen LogP contribution is -2.28. The van der Waals surface area contributed by atoms with Crippen molar-refractivity contribution in [3.05, 3.63) is 12.2 Å². The summed E-state index contributed by atoms with van der Waals surface area (Å²) in [5, 5.41) is 7.61. The average Bonchev–Trinajstić information content (AvgIpc) is 2.65. The Morgan fingerprint density at radius 2 is 2.19 bits per heavy atom. The van der Waals surface area contributed by atoms with E-state index in [1.807, 2.05) is 11.7 Å². The third-order valence-electron chi connectivity index (χ3n) is 2.89. The van der Waals surface area contributed by atoms with Gasteiger partial charge in [0.1, 0.15) is 12.2 Å². The van der Waals surface area contributed by atoms with Gasteiger partial charge in [-0.15, -0.1) is 0 Å².